The summed E-state index contributed by atoms with van der Waals surface area (Å²) in [5.41, 5.74) is 0.732. The summed E-state index contributed by atoms with van der Waals surface area (Å²) in [6.45, 7) is 2.84. The van der Waals surface area contributed by atoms with E-state index < -0.39 is 0 Å². The molecule has 0 saturated heterocycles. The molecule has 0 aliphatic rings. The molecular weight excluding hydrogens is 346 g/mol. The van der Waals surface area contributed by atoms with Gasteiger partial charge in [0.2, 0.25) is 5.91 Å². The predicted molar refractivity (Wildman–Crippen MR) is 97.1 cm³/mol. The third-order valence-corrected chi connectivity index (χ3v) is 3.58. The van der Waals surface area contributed by atoms with Crippen LogP contribution in [0.15, 0.2) is 18.2 Å². The van der Waals surface area contributed by atoms with Crippen molar-refractivity contribution in [3.05, 3.63) is 28.8 Å². The first-order valence-corrected chi connectivity index (χ1v) is 8.42. The Morgan fingerprint density at radius 1 is 1.24 bits per heavy atom. The van der Waals surface area contributed by atoms with E-state index in [1.807, 2.05) is 6.92 Å². The minimum Gasteiger partial charge on any atom is -0.491 e. The number of rotatable bonds is 10. The van der Waals surface area contributed by atoms with E-state index in [9.17, 15) is 9.59 Å². The van der Waals surface area contributed by atoms with Crippen LogP contribution in [0.2, 0.25) is 5.02 Å². The molecule has 0 unspecified atom stereocenters. The molecule has 0 atom stereocenters. The number of carbonyl (C=O) groups excluding carboxylic acids is 2. The van der Waals surface area contributed by atoms with E-state index in [-0.39, 0.29) is 11.9 Å². The molecule has 0 aliphatic carbocycles. The summed E-state index contributed by atoms with van der Waals surface area (Å²) in [6, 6.07) is 3.46. The van der Waals surface area contributed by atoms with Crippen LogP contribution >= 0.6 is 11.6 Å². The number of amides is 1. The highest BCUT2D eigenvalue weighted by molar-refractivity contribution is 6.32. The van der Waals surface area contributed by atoms with E-state index in [1.165, 1.54) is 20.3 Å². The first-order valence-electron chi connectivity index (χ1n) is 8.04. The van der Waals surface area contributed by atoms with Crippen molar-refractivity contribution in [2.24, 2.45) is 0 Å². The Hall–Kier alpha value is -2.21. The Labute approximate surface area is 153 Å². The van der Waals surface area contributed by atoms with Crippen molar-refractivity contribution in [3.63, 3.8) is 0 Å². The van der Waals surface area contributed by atoms with Crippen LogP contribution in [0.25, 0.3) is 6.08 Å². The Morgan fingerprint density at radius 2 is 2.00 bits per heavy atom. The second-order valence-electron chi connectivity index (χ2n) is 5.12. The fourth-order valence-electron chi connectivity index (χ4n) is 2.08. The fourth-order valence-corrected chi connectivity index (χ4v) is 2.38. The molecule has 0 aliphatic heterocycles. The van der Waals surface area contributed by atoms with Gasteiger partial charge in [0, 0.05) is 19.0 Å². The summed E-state index contributed by atoms with van der Waals surface area (Å²) in [5, 5.41) is 3.17. The summed E-state index contributed by atoms with van der Waals surface area (Å²) >= 11 is 6.16. The smallest absolute Gasteiger partial charge is 0.305 e. The van der Waals surface area contributed by atoms with Crippen LogP contribution in [-0.4, -0.2) is 39.2 Å². The number of methoxy groups -OCH3 is 2. The molecule has 0 radical (unpaired) electrons. The van der Waals surface area contributed by atoms with Gasteiger partial charge in [-0.25, -0.2) is 0 Å². The summed E-state index contributed by atoms with van der Waals surface area (Å²) in [4.78, 5) is 22.8. The molecule has 0 heterocycles. The third-order valence-electron chi connectivity index (χ3n) is 3.30. The highest BCUT2D eigenvalue weighted by Gasteiger charge is 2.10. The number of esters is 1. The van der Waals surface area contributed by atoms with Gasteiger partial charge in [-0.15, -0.1) is 0 Å². The van der Waals surface area contributed by atoms with E-state index in [0.717, 1.165) is 5.56 Å². The van der Waals surface area contributed by atoms with Crippen molar-refractivity contribution in [2.45, 2.75) is 26.2 Å². The molecule has 7 heteroatoms. The lowest BCUT2D eigenvalue weighted by Gasteiger charge is -2.11. The number of carbonyl (C=O) groups is 2. The first-order chi connectivity index (χ1) is 12.0. The first kappa shape index (κ1) is 20.8. The van der Waals surface area contributed by atoms with Crippen molar-refractivity contribution < 1.29 is 23.8 Å². The maximum Gasteiger partial charge on any atom is 0.305 e. The zero-order valence-electron chi connectivity index (χ0n) is 14.8. The highest BCUT2D eigenvalue weighted by Crippen LogP contribution is 2.36. The largest absolute Gasteiger partial charge is 0.491 e. The van der Waals surface area contributed by atoms with Crippen molar-refractivity contribution >= 4 is 29.6 Å². The van der Waals surface area contributed by atoms with Gasteiger partial charge < -0.3 is 19.5 Å². The molecule has 0 fully saturated rings. The summed E-state index contributed by atoms with van der Waals surface area (Å²) < 4.78 is 15.3. The molecule has 1 aromatic carbocycles. The highest BCUT2D eigenvalue weighted by atomic mass is 35.5. The fraction of sp³-hybridized carbons (Fsp3) is 0.444. The lowest BCUT2D eigenvalue weighted by Crippen LogP contribution is -2.22. The van der Waals surface area contributed by atoms with Crippen LogP contribution in [0.5, 0.6) is 11.5 Å². The average Bonchev–Trinajstić information content (AvgIpc) is 2.59. The summed E-state index contributed by atoms with van der Waals surface area (Å²) in [6.07, 6.45) is 4.80. The van der Waals surface area contributed by atoms with Crippen LogP contribution in [0.3, 0.4) is 0 Å². The van der Waals surface area contributed by atoms with Crippen LogP contribution in [0, 0.1) is 0 Å². The number of unbranched alkanes of at least 4 members (excludes halogenated alkanes) is 1. The number of halogens is 1. The SMILES string of the molecule is CCOc1cc(/C=C/C(=O)NCCCCC(=O)OC)cc(Cl)c1OC. The maximum absolute atomic E-state index is 11.8. The monoisotopic (exact) mass is 369 g/mol. The van der Waals surface area contributed by atoms with Crippen LogP contribution < -0.4 is 14.8 Å². The number of ether oxygens (including phenoxy) is 3. The van der Waals surface area contributed by atoms with Gasteiger partial charge in [-0.2, -0.15) is 0 Å². The molecule has 138 valence electrons. The van der Waals surface area contributed by atoms with Gasteiger partial charge in [0.05, 0.1) is 25.8 Å². The maximum atomic E-state index is 11.8. The Bertz CT molecular complexity index is 616. The predicted octanol–water partition coefficient (Wildman–Crippen LogP) is 3.22. The standard InChI is InChI=1S/C18H24ClNO5/c1-4-25-15-12-13(11-14(19)18(15)24-3)8-9-16(21)20-10-6-5-7-17(22)23-2/h8-9,11-12H,4-7,10H2,1-3H3,(H,20,21)/b9-8+. The van der Waals surface area contributed by atoms with Crippen LogP contribution in [-0.2, 0) is 14.3 Å². The van der Waals surface area contributed by atoms with Gasteiger partial charge >= 0.3 is 5.97 Å². The number of benzene rings is 1. The van der Waals surface area contributed by atoms with Crippen molar-refractivity contribution in [1.29, 1.82) is 0 Å². The molecule has 1 amide bonds. The van der Waals surface area contributed by atoms with Gasteiger partial charge in [-0.05, 0) is 43.5 Å². The Balaban J connectivity index is 2.54. The second kappa shape index (κ2) is 11.4. The Morgan fingerprint density at radius 3 is 2.64 bits per heavy atom. The van der Waals surface area contributed by atoms with Crippen LogP contribution in [0.1, 0.15) is 31.7 Å². The lowest BCUT2D eigenvalue weighted by molar-refractivity contribution is -0.140. The third kappa shape index (κ3) is 7.47. The number of nitrogens with one attached hydrogen (secondary N) is 1. The van der Waals surface area contributed by atoms with Gasteiger partial charge in [-0.3, -0.25) is 9.59 Å². The number of hydrogen-bond donors (Lipinski definition) is 1. The van der Waals surface area contributed by atoms with E-state index in [4.69, 9.17) is 21.1 Å². The normalized spacial score (nSPS) is 10.6. The molecule has 0 spiro atoms. The molecule has 0 bridgehead atoms. The average molecular weight is 370 g/mol. The topological polar surface area (TPSA) is 73.9 Å². The van der Waals surface area contributed by atoms with Gasteiger partial charge in [-0.1, -0.05) is 11.6 Å². The molecule has 1 rings (SSSR count). The molecule has 0 saturated carbocycles. The molecule has 1 aromatic rings. The van der Waals surface area contributed by atoms with Gasteiger partial charge in [0.25, 0.3) is 0 Å². The molecule has 0 aromatic heterocycles. The van der Waals surface area contributed by atoms with E-state index in [2.05, 4.69) is 10.1 Å². The van der Waals surface area contributed by atoms with E-state index in [0.29, 0.717) is 48.9 Å². The number of hydrogen-bond acceptors (Lipinski definition) is 5. The van der Waals surface area contributed by atoms with Crippen molar-refractivity contribution in [3.8, 4) is 11.5 Å². The van der Waals surface area contributed by atoms with E-state index in [1.54, 1.807) is 18.2 Å². The minimum atomic E-state index is -0.243. The zero-order chi connectivity index (χ0) is 18.7. The minimum absolute atomic E-state index is 0.219. The Kier molecular flexibility index (Phi) is 9.47. The van der Waals surface area contributed by atoms with Crippen molar-refractivity contribution in [2.75, 3.05) is 27.4 Å². The van der Waals surface area contributed by atoms with Crippen LogP contribution in [0.4, 0.5) is 0 Å². The summed E-state index contributed by atoms with van der Waals surface area (Å²) in [7, 11) is 2.88. The molecule has 6 nitrogen and oxygen atoms in total. The quantitative estimate of drug-likeness (QED) is 0.389. The van der Waals surface area contributed by atoms with Crippen molar-refractivity contribution in [1.82, 2.24) is 5.32 Å². The summed E-state index contributed by atoms with van der Waals surface area (Å²) in [5.74, 6) is 0.534. The zero-order valence-corrected chi connectivity index (χ0v) is 15.5. The molecule has 1 N–H and O–H groups in total. The van der Waals surface area contributed by atoms with Gasteiger partial charge in [0.15, 0.2) is 11.5 Å². The lowest BCUT2D eigenvalue weighted by atomic mass is 10.2. The molecular formula is C18H24ClNO5. The van der Waals surface area contributed by atoms with Gasteiger partial charge in [0.1, 0.15) is 0 Å². The van der Waals surface area contributed by atoms with E-state index >= 15 is 0 Å². The molecule has 25 heavy (non-hydrogen) atoms. The second-order valence-corrected chi connectivity index (χ2v) is 5.53.